The lowest BCUT2D eigenvalue weighted by molar-refractivity contribution is 0.0865. The number of carbonyl (C=O) groups excluding carboxylic acids is 1. The number of halogens is 2. The predicted octanol–water partition coefficient (Wildman–Crippen LogP) is 2.82. The minimum Gasteiger partial charge on any atom is -0.268 e. The summed E-state index contributed by atoms with van der Waals surface area (Å²) in [5.74, 6) is -1.13. The van der Waals surface area contributed by atoms with Gasteiger partial charge in [0.25, 0.3) is 15.9 Å². The zero-order valence-electron chi connectivity index (χ0n) is 10.6. The Hall–Kier alpha value is -1.92. The number of hydrogen-bond acceptors (Lipinski definition) is 3. The summed E-state index contributed by atoms with van der Waals surface area (Å²) in [5.41, 5.74) is 0.499. The number of hydrogen-bond donors (Lipinski definition) is 0. The zero-order valence-corrected chi connectivity index (χ0v) is 12.2. The molecule has 1 aliphatic rings. The van der Waals surface area contributed by atoms with Crippen LogP contribution in [0.25, 0.3) is 0 Å². The highest BCUT2D eigenvalue weighted by Gasteiger charge is 2.40. The summed E-state index contributed by atoms with van der Waals surface area (Å²) in [5, 5.41) is 0.0777. The van der Waals surface area contributed by atoms with Crippen molar-refractivity contribution >= 4 is 27.5 Å². The molecular weight excluding hydrogens is 317 g/mol. The Labute approximate surface area is 125 Å². The number of benzene rings is 2. The molecule has 0 aliphatic carbocycles. The van der Waals surface area contributed by atoms with Crippen LogP contribution in [0.4, 0.5) is 4.39 Å². The molecule has 108 valence electrons. The van der Waals surface area contributed by atoms with Gasteiger partial charge in [-0.25, -0.2) is 17.1 Å². The van der Waals surface area contributed by atoms with Gasteiger partial charge in [0.1, 0.15) is 10.7 Å². The van der Waals surface area contributed by atoms with Crippen molar-refractivity contribution in [2.45, 2.75) is 11.4 Å². The summed E-state index contributed by atoms with van der Waals surface area (Å²) < 4.78 is 38.5. The highest BCUT2D eigenvalue weighted by Crippen LogP contribution is 2.32. The monoisotopic (exact) mass is 325 g/mol. The van der Waals surface area contributed by atoms with Gasteiger partial charge in [-0.05, 0) is 29.8 Å². The molecule has 1 aliphatic heterocycles. The number of nitrogens with zero attached hydrogens (tertiary/aromatic N) is 1. The number of fused-ring (bicyclic) bond motifs is 1. The fourth-order valence-corrected chi connectivity index (χ4v) is 3.97. The largest absolute Gasteiger partial charge is 0.269 e. The number of amides is 1. The predicted molar refractivity (Wildman–Crippen MR) is 74.9 cm³/mol. The van der Waals surface area contributed by atoms with Crippen LogP contribution >= 0.6 is 11.6 Å². The van der Waals surface area contributed by atoms with E-state index in [1.165, 1.54) is 24.3 Å². The molecule has 0 radical (unpaired) electrons. The smallest absolute Gasteiger partial charge is 0.268 e. The summed E-state index contributed by atoms with van der Waals surface area (Å²) in [6.07, 6.45) is 0. The van der Waals surface area contributed by atoms with E-state index < -0.39 is 21.7 Å². The Balaban J connectivity index is 2.03. The van der Waals surface area contributed by atoms with Gasteiger partial charge < -0.3 is 0 Å². The van der Waals surface area contributed by atoms with E-state index in [1.807, 2.05) is 0 Å². The van der Waals surface area contributed by atoms with Crippen molar-refractivity contribution in [2.24, 2.45) is 0 Å². The molecule has 21 heavy (non-hydrogen) atoms. The van der Waals surface area contributed by atoms with Crippen LogP contribution in [0.3, 0.4) is 0 Å². The SMILES string of the molecule is O=C1c2ccccc2S(=O)(=O)N1Cc1ccc(F)cc1Cl. The molecule has 1 heterocycles. The topological polar surface area (TPSA) is 54.5 Å². The minimum absolute atomic E-state index is 0.0202. The van der Waals surface area contributed by atoms with Gasteiger partial charge in [0, 0.05) is 5.02 Å². The Morgan fingerprint density at radius 2 is 1.86 bits per heavy atom. The van der Waals surface area contributed by atoms with Crippen LogP contribution in [0, 0.1) is 5.82 Å². The average molecular weight is 326 g/mol. The molecule has 0 bridgehead atoms. The molecule has 2 aromatic carbocycles. The summed E-state index contributed by atoms with van der Waals surface area (Å²) in [6, 6.07) is 9.61. The maximum absolute atomic E-state index is 13.0. The first kappa shape index (κ1) is 14.0. The molecule has 4 nitrogen and oxygen atoms in total. The Bertz CT molecular complexity index is 851. The van der Waals surface area contributed by atoms with Crippen molar-refractivity contribution in [3.05, 3.63) is 64.4 Å². The van der Waals surface area contributed by atoms with Crippen molar-refractivity contribution in [1.82, 2.24) is 4.31 Å². The lowest BCUT2D eigenvalue weighted by Gasteiger charge is -2.16. The molecule has 1 amide bonds. The second kappa shape index (κ2) is 4.82. The van der Waals surface area contributed by atoms with Crippen molar-refractivity contribution in [1.29, 1.82) is 0 Å². The Kier molecular flexibility index (Phi) is 3.22. The molecule has 0 spiro atoms. The first-order chi connectivity index (χ1) is 9.91. The van der Waals surface area contributed by atoms with E-state index in [1.54, 1.807) is 12.1 Å². The summed E-state index contributed by atoms with van der Waals surface area (Å²) in [7, 11) is -3.89. The molecule has 0 saturated heterocycles. The average Bonchev–Trinajstić information content (AvgIpc) is 2.63. The van der Waals surface area contributed by atoms with Crippen LogP contribution in [0.15, 0.2) is 47.4 Å². The quantitative estimate of drug-likeness (QED) is 0.853. The standard InChI is InChI=1S/C14H9ClFNO3S/c15-12-7-10(16)6-5-9(12)8-17-14(18)11-3-1-2-4-13(11)21(17,19)20/h1-7H,8H2. The highest BCUT2D eigenvalue weighted by molar-refractivity contribution is 7.90. The van der Waals surface area contributed by atoms with Crippen LogP contribution in [-0.2, 0) is 16.6 Å². The van der Waals surface area contributed by atoms with Crippen molar-refractivity contribution in [2.75, 3.05) is 0 Å². The van der Waals surface area contributed by atoms with E-state index in [-0.39, 0.29) is 22.0 Å². The summed E-state index contributed by atoms with van der Waals surface area (Å²) >= 11 is 5.89. The van der Waals surface area contributed by atoms with Gasteiger partial charge in [-0.2, -0.15) is 0 Å². The van der Waals surface area contributed by atoms with E-state index in [4.69, 9.17) is 11.6 Å². The summed E-state index contributed by atoms with van der Waals surface area (Å²) in [4.78, 5) is 12.2. The van der Waals surface area contributed by atoms with E-state index >= 15 is 0 Å². The second-order valence-corrected chi connectivity index (χ2v) is 6.79. The van der Waals surface area contributed by atoms with Crippen LogP contribution in [0.5, 0.6) is 0 Å². The van der Waals surface area contributed by atoms with Crippen LogP contribution in [0.2, 0.25) is 5.02 Å². The van der Waals surface area contributed by atoms with E-state index in [0.717, 1.165) is 10.4 Å². The molecule has 2 aromatic rings. The number of sulfonamides is 1. The molecule has 0 N–H and O–H groups in total. The van der Waals surface area contributed by atoms with Gasteiger partial charge in [-0.15, -0.1) is 0 Å². The third-order valence-electron chi connectivity index (χ3n) is 3.24. The molecule has 0 fully saturated rings. The number of carbonyl (C=O) groups is 1. The second-order valence-electron chi connectivity index (χ2n) is 4.55. The minimum atomic E-state index is -3.89. The number of rotatable bonds is 2. The van der Waals surface area contributed by atoms with Crippen LogP contribution in [0.1, 0.15) is 15.9 Å². The van der Waals surface area contributed by atoms with E-state index in [2.05, 4.69) is 0 Å². The fourth-order valence-electron chi connectivity index (χ4n) is 2.19. The summed E-state index contributed by atoms with van der Waals surface area (Å²) in [6.45, 7) is -0.227. The normalized spacial score (nSPS) is 16.1. The first-order valence-electron chi connectivity index (χ1n) is 6.01. The maximum atomic E-state index is 13.0. The molecular formula is C14H9ClFNO3S. The highest BCUT2D eigenvalue weighted by atomic mass is 35.5. The van der Waals surface area contributed by atoms with Gasteiger partial charge >= 0.3 is 0 Å². The Morgan fingerprint density at radius 1 is 1.14 bits per heavy atom. The molecule has 0 unspecified atom stereocenters. The van der Waals surface area contributed by atoms with Gasteiger partial charge in [0.2, 0.25) is 0 Å². The van der Waals surface area contributed by atoms with Gasteiger partial charge in [-0.3, -0.25) is 4.79 Å². The fraction of sp³-hybridized carbons (Fsp3) is 0.0714. The van der Waals surface area contributed by atoms with E-state index in [9.17, 15) is 17.6 Å². The van der Waals surface area contributed by atoms with Crippen molar-refractivity contribution < 1.29 is 17.6 Å². The molecule has 7 heteroatoms. The third-order valence-corrected chi connectivity index (χ3v) is 5.38. The van der Waals surface area contributed by atoms with Gasteiger partial charge in [0.15, 0.2) is 0 Å². The zero-order chi connectivity index (χ0) is 15.2. The van der Waals surface area contributed by atoms with Crippen LogP contribution in [-0.4, -0.2) is 18.6 Å². The molecule has 0 saturated carbocycles. The third kappa shape index (κ3) is 2.20. The van der Waals surface area contributed by atoms with Gasteiger partial charge in [0.05, 0.1) is 12.1 Å². The lowest BCUT2D eigenvalue weighted by Crippen LogP contribution is -2.29. The van der Waals surface area contributed by atoms with E-state index in [0.29, 0.717) is 5.56 Å². The maximum Gasteiger partial charge on any atom is 0.269 e. The molecule has 0 aromatic heterocycles. The molecule has 0 atom stereocenters. The van der Waals surface area contributed by atoms with Crippen molar-refractivity contribution in [3.63, 3.8) is 0 Å². The van der Waals surface area contributed by atoms with Gasteiger partial charge in [-0.1, -0.05) is 29.8 Å². The van der Waals surface area contributed by atoms with Crippen molar-refractivity contribution in [3.8, 4) is 0 Å². The Morgan fingerprint density at radius 3 is 2.52 bits per heavy atom. The first-order valence-corrected chi connectivity index (χ1v) is 7.83. The lowest BCUT2D eigenvalue weighted by atomic mass is 10.2. The van der Waals surface area contributed by atoms with Crippen LogP contribution < -0.4 is 0 Å². The molecule has 3 rings (SSSR count).